The normalized spacial score (nSPS) is 17.3. The fraction of sp³-hybridized carbons (Fsp3) is 0.545. The van der Waals surface area contributed by atoms with Gasteiger partial charge in [0.1, 0.15) is 11.3 Å². The quantitative estimate of drug-likeness (QED) is 0.700. The molecule has 1 aromatic rings. The number of halogens is 1. The maximum Gasteiger partial charge on any atom is 0.217 e. The van der Waals surface area contributed by atoms with Gasteiger partial charge in [0.05, 0.1) is 0 Å². The van der Waals surface area contributed by atoms with E-state index < -0.39 is 0 Å². The number of aryl methyl sites for hydroxylation is 1. The van der Waals surface area contributed by atoms with Crippen LogP contribution in [0.3, 0.4) is 0 Å². The van der Waals surface area contributed by atoms with Gasteiger partial charge < -0.3 is 4.74 Å². The lowest BCUT2D eigenvalue weighted by Gasteiger charge is -2.13. The first-order chi connectivity index (χ1) is 6.75. The van der Waals surface area contributed by atoms with Crippen molar-refractivity contribution < 1.29 is 4.74 Å². The lowest BCUT2D eigenvalue weighted by Crippen LogP contribution is -2.12. The van der Waals surface area contributed by atoms with Gasteiger partial charge in [-0.05, 0) is 38.7 Å². The van der Waals surface area contributed by atoms with Crippen LogP contribution < -0.4 is 4.74 Å². The van der Waals surface area contributed by atoms with E-state index in [1.54, 1.807) is 6.07 Å². The molecule has 0 N–H and O–H groups in total. The van der Waals surface area contributed by atoms with Crippen molar-refractivity contribution in [2.45, 2.75) is 38.7 Å². The molecule has 14 heavy (non-hydrogen) atoms. The van der Waals surface area contributed by atoms with Gasteiger partial charge in [-0.2, -0.15) is 0 Å². The molecule has 1 aliphatic carbocycles. The number of rotatable bonds is 2. The third-order valence-electron chi connectivity index (χ3n) is 2.60. The van der Waals surface area contributed by atoms with E-state index in [0.29, 0.717) is 17.1 Å². The van der Waals surface area contributed by atoms with E-state index in [2.05, 4.69) is 4.98 Å². The molecule has 3 heteroatoms. The molecule has 1 aromatic heterocycles. The zero-order valence-electron chi connectivity index (χ0n) is 8.29. The smallest absolute Gasteiger partial charge is 0.217 e. The molecule has 0 radical (unpaired) electrons. The van der Waals surface area contributed by atoms with Gasteiger partial charge >= 0.3 is 0 Å². The van der Waals surface area contributed by atoms with Crippen LogP contribution in [0.5, 0.6) is 5.88 Å². The molecule has 1 heterocycles. The molecule has 0 aliphatic heterocycles. The van der Waals surface area contributed by atoms with Crippen molar-refractivity contribution in [1.29, 1.82) is 0 Å². The van der Waals surface area contributed by atoms with E-state index in [1.807, 2.05) is 13.0 Å². The van der Waals surface area contributed by atoms with E-state index >= 15 is 0 Å². The summed E-state index contributed by atoms with van der Waals surface area (Å²) in [5.41, 5.74) is 1.06. The molecule has 0 spiro atoms. The minimum atomic E-state index is 0.347. The Labute approximate surface area is 89.3 Å². The zero-order valence-corrected chi connectivity index (χ0v) is 9.05. The molecule has 1 fully saturated rings. The van der Waals surface area contributed by atoms with Gasteiger partial charge in [-0.25, -0.2) is 4.98 Å². The van der Waals surface area contributed by atoms with Crippen molar-refractivity contribution in [2.24, 2.45) is 0 Å². The topological polar surface area (TPSA) is 22.1 Å². The molecule has 0 bridgehead atoms. The average molecular weight is 212 g/mol. The Morgan fingerprint density at radius 3 is 2.79 bits per heavy atom. The first-order valence-corrected chi connectivity index (χ1v) is 5.43. The summed E-state index contributed by atoms with van der Waals surface area (Å²) in [7, 11) is 0. The van der Waals surface area contributed by atoms with Crippen LogP contribution in [0.15, 0.2) is 12.1 Å². The maximum atomic E-state index is 5.81. The third-order valence-corrected chi connectivity index (χ3v) is 2.81. The van der Waals surface area contributed by atoms with Crippen molar-refractivity contribution in [1.82, 2.24) is 4.98 Å². The van der Waals surface area contributed by atoms with Gasteiger partial charge in [-0.1, -0.05) is 17.7 Å². The van der Waals surface area contributed by atoms with Crippen molar-refractivity contribution in [3.05, 3.63) is 22.8 Å². The predicted octanol–water partition coefficient (Wildman–Crippen LogP) is 3.36. The number of pyridine rings is 1. The lowest BCUT2D eigenvalue weighted by molar-refractivity contribution is 0.200. The van der Waals surface area contributed by atoms with E-state index in [1.165, 1.54) is 12.8 Å². The Bertz CT molecular complexity index is 321. The Morgan fingerprint density at radius 2 is 2.07 bits per heavy atom. The second kappa shape index (κ2) is 4.18. The van der Waals surface area contributed by atoms with Crippen molar-refractivity contribution >= 4 is 11.6 Å². The molecule has 0 saturated heterocycles. The molecule has 0 amide bonds. The van der Waals surface area contributed by atoms with Gasteiger partial charge in [-0.3, -0.25) is 0 Å². The van der Waals surface area contributed by atoms with Gasteiger partial charge in [0.2, 0.25) is 5.88 Å². The summed E-state index contributed by atoms with van der Waals surface area (Å²) in [6.45, 7) is 1.99. The molecule has 0 aromatic carbocycles. The molecule has 76 valence electrons. The van der Waals surface area contributed by atoms with Crippen molar-refractivity contribution in [3.63, 3.8) is 0 Å². The summed E-state index contributed by atoms with van der Waals surface area (Å²) in [6.07, 6.45) is 5.18. The highest BCUT2D eigenvalue weighted by Gasteiger charge is 2.17. The van der Waals surface area contributed by atoms with Crippen LogP contribution in [0.25, 0.3) is 0 Å². The number of aromatic nitrogens is 1. The van der Waals surface area contributed by atoms with Crippen LogP contribution in [-0.4, -0.2) is 11.1 Å². The molecule has 2 nitrogen and oxygen atoms in total. The summed E-state index contributed by atoms with van der Waals surface area (Å²) in [6, 6.07) is 3.73. The molecule has 2 rings (SSSR count). The standard InChI is InChI=1S/C11H14ClNO/c1-8-6-7-10(12)13-11(8)14-9-4-2-3-5-9/h6-7,9H,2-5H2,1H3. The van der Waals surface area contributed by atoms with Crippen LogP contribution in [-0.2, 0) is 0 Å². The second-order valence-electron chi connectivity index (χ2n) is 3.78. The Hall–Kier alpha value is -0.760. The second-order valence-corrected chi connectivity index (χ2v) is 4.17. The monoisotopic (exact) mass is 211 g/mol. The van der Waals surface area contributed by atoms with E-state index in [-0.39, 0.29) is 0 Å². The SMILES string of the molecule is Cc1ccc(Cl)nc1OC1CCCC1. The minimum Gasteiger partial charge on any atom is -0.474 e. The van der Waals surface area contributed by atoms with Crippen molar-refractivity contribution in [3.8, 4) is 5.88 Å². The Kier molecular flexibility index (Phi) is 2.92. The third kappa shape index (κ3) is 2.18. The van der Waals surface area contributed by atoms with Crippen LogP contribution in [0.2, 0.25) is 5.15 Å². The first-order valence-electron chi connectivity index (χ1n) is 5.05. The minimum absolute atomic E-state index is 0.347. The van der Waals surface area contributed by atoms with Crippen LogP contribution in [0.4, 0.5) is 0 Å². The number of nitrogens with zero attached hydrogens (tertiary/aromatic N) is 1. The zero-order chi connectivity index (χ0) is 9.97. The van der Waals surface area contributed by atoms with Crippen molar-refractivity contribution in [2.75, 3.05) is 0 Å². The molecular formula is C11H14ClNO. The van der Waals surface area contributed by atoms with Gasteiger partial charge in [0.25, 0.3) is 0 Å². The molecule has 0 unspecified atom stereocenters. The van der Waals surface area contributed by atoms with Crippen LogP contribution in [0, 0.1) is 6.92 Å². The average Bonchev–Trinajstić information content (AvgIpc) is 2.64. The molecular weight excluding hydrogens is 198 g/mol. The largest absolute Gasteiger partial charge is 0.474 e. The Balaban J connectivity index is 2.10. The fourth-order valence-electron chi connectivity index (χ4n) is 1.77. The van der Waals surface area contributed by atoms with E-state index in [0.717, 1.165) is 18.4 Å². The first kappa shape index (κ1) is 9.78. The highest BCUT2D eigenvalue weighted by Crippen LogP contribution is 2.25. The van der Waals surface area contributed by atoms with Gasteiger partial charge in [-0.15, -0.1) is 0 Å². The number of hydrogen-bond donors (Lipinski definition) is 0. The maximum absolute atomic E-state index is 5.81. The summed E-state index contributed by atoms with van der Waals surface area (Å²) in [5.74, 6) is 0.699. The highest BCUT2D eigenvalue weighted by molar-refractivity contribution is 6.29. The highest BCUT2D eigenvalue weighted by atomic mass is 35.5. The predicted molar refractivity (Wildman–Crippen MR) is 56.9 cm³/mol. The molecule has 0 atom stereocenters. The van der Waals surface area contributed by atoms with E-state index in [4.69, 9.17) is 16.3 Å². The molecule has 1 saturated carbocycles. The van der Waals surface area contributed by atoms with E-state index in [9.17, 15) is 0 Å². The molecule has 1 aliphatic rings. The summed E-state index contributed by atoms with van der Waals surface area (Å²) in [5, 5.41) is 0.503. The summed E-state index contributed by atoms with van der Waals surface area (Å²) < 4.78 is 5.79. The summed E-state index contributed by atoms with van der Waals surface area (Å²) in [4.78, 5) is 4.18. The van der Waals surface area contributed by atoms with Gasteiger partial charge in [0, 0.05) is 5.56 Å². The number of hydrogen-bond acceptors (Lipinski definition) is 2. The van der Waals surface area contributed by atoms with Crippen LogP contribution >= 0.6 is 11.6 Å². The number of ether oxygens (including phenoxy) is 1. The summed E-state index contributed by atoms with van der Waals surface area (Å²) >= 11 is 5.81. The van der Waals surface area contributed by atoms with Gasteiger partial charge in [0.15, 0.2) is 0 Å². The Morgan fingerprint density at radius 1 is 1.36 bits per heavy atom. The lowest BCUT2D eigenvalue weighted by atomic mass is 10.3. The fourth-order valence-corrected chi connectivity index (χ4v) is 1.91. The van der Waals surface area contributed by atoms with Crippen LogP contribution in [0.1, 0.15) is 31.2 Å².